The van der Waals surface area contributed by atoms with Crippen LogP contribution in [0.3, 0.4) is 0 Å². The molecule has 2 amide bonds. The molecular weight excluding hydrogens is 286 g/mol. The van der Waals surface area contributed by atoms with Gasteiger partial charge in [-0.2, -0.15) is 0 Å². The number of urea groups is 1. The lowest BCUT2D eigenvalue weighted by atomic mass is 9.85. The van der Waals surface area contributed by atoms with E-state index in [1.807, 2.05) is 6.92 Å². The zero-order valence-electron chi connectivity index (χ0n) is 12.9. The molecule has 0 aliphatic heterocycles. The SMILES string of the molecule is Cc1nc(CCNC(=O)NCC2(O)CCCCC2)sc1C. The molecule has 0 atom stereocenters. The van der Waals surface area contributed by atoms with Crippen molar-refractivity contribution in [3.8, 4) is 0 Å². The number of rotatable bonds is 5. The van der Waals surface area contributed by atoms with Gasteiger partial charge in [-0.05, 0) is 26.7 Å². The van der Waals surface area contributed by atoms with E-state index in [4.69, 9.17) is 0 Å². The maximum Gasteiger partial charge on any atom is 0.314 e. The van der Waals surface area contributed by atoms with E-state index < -0.39 is 5.60 Å². The Morgan fingerprint density at radius 3 is 2.62 bits per heavy atom. The number of amides is 2. The minimum atomic E-state index is -0.709. The van der Waals surface area contributed by atoms with Gasteiger partial charge >= 0.3 is 6.03 Å². The summed E-state index contributed by atoms with van der Waals surface area (Å²) < 4.78 is 0. The Labute approximate surface area is 130 Å². The number of nitrogens with zero attached hydrogens (tertiary/aromatic N) is 1. The minimum Gasteiger partial charge on any atom is -0.388 e. The lowest BCUT2D eigenvalue weighted by molar-refractivity contribution is 0.00720. The summed E-state index contributed by atoms with van der Waals surface area (Å²) in [6.07, 6.45) is 5.58. The molecule has 5 nitrogen and oxygen atoms in total. The van der Waals surface area contributed by atoms with Crippen molar-refractivity contribution in [2.75, 3.05) is 13.1 Å². The molecule has 2 rings (SSSR count). The number of aryl methyl sites for hydroxylation is 2. The second kappa shape index (κ2) is 7.22. The topological polar surface area (TPSA) is 74.2 Å². The van der Waals surface area contributed by atoms with E-state index in [0.29, 0.717) is 13.1 Å². The van der Waals surface area contributed by atoms with E-state index in [1.165, 1.54) is 11.3 Å². The highest BCUT2D eigenvalue weighted by Crippen LogP contribution is 2.27. The van der Waals surface area contributed by atoms with Crippen molar-refractivity contribution in [3.63, 3.8) is 0 Å². The fourth-order valence-electron chi connectivity index (χ4n) is 2.62. The second-order valence-electron chi connectivity index (χ2n) is 5.89. The van der Waals surface area contributed by atoms with Gasteiger partial charge in [0.1, 0.15) is 0 Å². The van der Waals surface area contributed by atoms with Crippen LogP contribution in [0.25, 0.3) is 0 Å². The fraction of sp³-hybridized carbons (Fsp3) is 0.733. The van der Waals surface area contributed by atoms with Crippen molar-refractivity contribution in [3.05, 3.63) is 15.6 Å². The summed E-state index contributed by atoms with van der Waals surface area (Å²) in [5.41, 5.74) is 0.359. The Hall–Kier alpha value is -1.14. The molecule has 118 valence electrons. The van der Waals surface area contributed by atoms with Crippen LogP contribution in [0.5, 0.6) is 0 Å². The van der Waals surface area contributed by atoms with Crippen LogP contribution in [0, 0.1) is 13.8 Å². The molecule has 21 heavy (non-hydrogen) atoms. The maximum absolute atomic E-state index is 11.7. The third-order valence-electron chi connectivity index (χ3n) is 4.06. The van der Waals surface area contributed by atoms with Crippen molar-refractivity contribution in [1.82, 2.24) is 15.6 Å². The molecule has 0 radical (unpaired) electrons. The van der Waals surface area contributed by atoms with Crippen molar-refractivity contribution in [1.29, 1.82) is 0 Å². The zero-order valence-corrected chi connectivity index (χ0v) is 13.7. The van der Waals surface area contributed by atoms with Gasteiger partial charge in [0.2, 0.25) is 0 Å². The Morgan fingerprint density at radius 2 is 2.00 bits per heavy atom. The van der Waals surface area contributed by atoms with Crippen LogP contribution < -0.4 is 10.6 Å². The maximum atomic E-state index is 11.7. The Balaban J connectivity index is 1.65. The normalized spacial score (nSPS) is 17.5. The van der Waals surface area contributed by atoms with Gasteiger partial charge in [-0.15, -0.1) is 11.3 Å². The summed E-state index contributed by atoms with van der Waals surface area (Å²) in [6, 6.07) is -0.209. The first-order valence-electron chi connectivity index (χ1n) is 7.65. The highest BCUT2D eigenvalue weighted by molar-refractivity contribution is 7.11. The number of aromatic nitrogens is 1. The molecule has 0 saturated heterocycles. The first kappa shape index (κ1) is 16.2. The number of hydrogen-bond donors (Lipinski definition) is 3. The minimum absolute atomic E-state index is 0.209. The van der Waals surface area contributed by atoms with Gasteiger partial charge in [-0.1, -0.05) is 19.3 Å². The molecule has 1 aromatic rings. The third-order valence-corrected chi connectivity index (χ3v) is 5.19. The number of carbonyl (C=O) groups excluding carboxylic acids is 1. The van der Waals surface area contributed by atoms with Crippen LogP contribution in [-0.2, 0) is 6.42 Å². The lowest BCUT2D eigenvalue weighted by Gasteiger charge is -2.32. The molecule has 0 spiro atoms. The van der Waals surface area contributed by atoms with Crippen LogP contribution in [0.2, 0.25) is 0 Å². The molecule has 0 aromatic carbocycles. The Kier molecular flexibility index (Phi) is 5.58. The van der Waals surface area contributed by atoms with Crippen molar-refractivity contribution >= 4 is 17.4 Å². The van der Waals surface area contributed by atoms with E-state index in [2.05, 4.69) is 22.5 Å². The van der Waals surface area contributed by atoms with E-state index in [-0.39, 0.29) is 6.03 Å². The quantitative estimate of drug-likeness (QED) is 0.781. The standard InChI is InChI=1S/C15H25N3O2S/c1-11-12(2)21-13(18-11)6-9-16-14(19)17-10-15(20)7-4-3-5-8-15/h20H,3-10H2,1-2H3,(H2,16,17,19). The molecule has 1 heterocycles. The summed E-state index contributed by atoms with van der Waals surface area (Å²) in [6.45, 7) is 4.97. The van der Waals surface area contributed by atoms with Crippen LogP contribution in [0.1, 0.15) is 47.7 Å². The molecule has 3 N–H and O–H groups in total. The smallest absolute Gasteiger partial charge is 0.314 e. The van der Waals surface area contributed by atoms with E-state index >= 15 is 0 Å². The monoisotopic (exact) mass is 311 g/mol. The largest absolute Gasteiger partial charge is 0.388 e. The molecule has 1 fully saturated rings. The predicted octanol–water partition coefficient (Wildman–Crippen LogP) is 2.30. The molecular formula is C15H25N3O2S. The van der Waals surface area contributed by atoms with Crippen LogP contribution >= 0.6 is 11.3 Å². The van der Waals surface area contributed by atoms with Gasteiger partial charge in [0, 0.05) is 24.4 Å². The van der Waals surface area contributed by atoms with Gasteiger partial charge in [0.25, 0.3) is 0 Å². The number of nitrogens with one attached hydrogen (secondary N) is 2. The van der Waals surface area contributed by atoms with Gasteiger partial charge in [-0.3, -0.25) is 0 Å². The lowest BCUT2D eigenvalue weighted by Crippen LogP contribution is -2.47. The van der Waals surface area contributed by atoms with Crippen LogP contribution in [-0.4, -0.2) is 34.8 Å². The Bertz CT molecular complexity index is 462. The number of hydrogen-bond acceptors (Lipinski definition) is 4. The third kappa shape index (κ3) is 4.97. The van der Waals surface area contributed by atoms with Crippen molar-refractivity contribution < 1.29 is 9.90 Å². The molecule has 6 heteroatoms. The molecule has 1 aliphatic carbocycles. The van der Waals surface area contributed by atoms with Gasteiger partial charge in [-0.25, -0.2) is 9.78 Å². The Morgan fingerprint density at radius 1 is 1.29 bits per heavy atom. The first-order valence-corrected chi connectivity index (χ1v) is 8.47. The van der Waals surface area contributed by atoms with Gasteiger partial charge in [0.15, 0.2) is 0 Å². The molecule has 1 saturated carbocycles. The second-order valence-corrected chi connectivity index (χ2v) is 7.18. The highest BCUT2D eigenvalue weighted by atomic mass is 32.1. The first-order chi connectivity index (χ1) is 9.98. The van der Waals surface area contributed by atoms with Crippen molar-refractivity contribution in [2.24, 2.45) is 0 Å². The van der Waals surface area contributed by atoms with E-state index in [9.17, 15) is 9.90 Å². The molecule has 0 unspecified atom stereocenters. The number of carbonyl (C=O) groups is 1. The molecule has 0 bridgehead atoms. The summed E-state index contributed by atoms with van der Waals surface area (Å²) in [5, 5.41) is 17.0. The van der Waals surface area contributed by atoms with Crippen LogP contribution in [0.15, 0.2) is 0 Å². The van der Waals surface area contributed by atoms with Crippen molar-refractivity contribution in [2.45, 2.75) is 58.0 Å². The van der Waals surface area contributed by atoms with Crippen LogP contribution in [0.4, 0.5) is 4.79 Å². The summed E-state index contributed by atoms with van der Waals surface area (Å²) in [7, 11) is 0. The predicted molar refractivity (Wildman–Crippen MR) is 84.7 cm³/mol. The van der Waals surface area contributed by atoms with E-state index in [1.54, 1.807) is 11.3 Å². The average molecular weight is 311 g/mol. The summed E-state index contributed by atoms with van der Waals surface area (Å²) in [5.74, 6) is 0. The highest BCUT2D eigenvalue weighted by Gasteiger charge is 2.29. The fourth-order valence-corrected chi connectivity index (χ4v) is 3.56. The summed E-state index contributed by atoms with van der Waals surface area (Å²) >= 11 is 1.68. The zero-order chi connectivity index (χ0) is 15.3. The van der Waals surface area contributed by atoms with Gasteiger partial charge in [0.05, 0.1) is 16.3 Å². The summed E-state index contributed by atoms with van der Waals surface area (Å²) in [4.78, 5) is 17.4. The van der Waals surface area contributed by atoms with E-state index in [0.717, 1.165) is 42.8 Å². The molecule has 1 aromatic heterocycles. The molecule has 1 aliphatic rings. The number of aliphatic hydroxyl groups is 1. The number of thiazole rings is 1. The average Bonchev–Trinajstić information content (AvgIpc) is 2.76. The van der Waals surface area contributed by atoms with Gasteiger partial charge < -0.3 is 15.7 Å².